The first-order valence-corrected chi connectivity index (χ1v) is 14.7. The third-order valence-corrected chi connectivity index (χ3v) is 9.60. The van der Waals surface area contributed by atoms with Gasteiger partial charge in [0.1, 0.15) is 11.4 Å². The van der Waals surface area contributed by atoms with Crippen LogP contribution in [-0.2, 0) is 24.2 Å². The number of para-hydroxylation sites is 1. The van der Waals surface area contributed by atoms with E-state index in [1.165, 1.54) is 20.8 Å². The van der Waals surface area contributed by atoms with Gasteiger partial charge in [0, 0.05) is 36.7 Å². The van der Waals surface area contributed by atoms with Gasteiger partial charge in [0.25, 0.3) is 5.56 Å². The van der Waals surface area contributed by atoms with E-state index in [-0.39, 0.29) is 18.0 Å². The van der Waals surface area contributed by atoms with E-state index in [0.29, 0.717) is 29.0 Å². The number of anilines is 1. The molecule has 0 saturated carbocycles. The Labute approximate surface area is 231 Å². The van der Waals surface area contributed by atoms with Crippen molar-refractivity contribution in [3.8, 4) is 5.69 Å². The highest BCUT2D eigenvalue weighted by Crippen LogP contribution is 2.34. The number of rotatable bonds is 4. The van der Waals surface area contributed by atoms with Crippen LogP contribution in [0.3, 0.4) is 0 Å². The standard InChI is InChI=1S/C31H34N4O3S/c1-21-13-14-24(19-22(21)2)35-29(37)28-25-11-7-4-8-12-26(25)39-30(28)34(31(35)38)20-27(36)33-17-15-32(16-18-33)23-9-5-3-6-10-23/h3,5-6,9-10,13-14,19H,4,7-8,11-12,15-18,20H2,1-2H3. The highest BCUT2D eigenvalue weighted by molar-refractivity contribution is 7.18. The SMILES string of the molecule is Cc1ccc(-n2c(=O)c3c4c(sc3n(CC(=O)N3CCN(c5ccccc5)CC3)c2=O)CCCCC4)cc1C. The van der Waals surface area contributed by atoms with Gasteiger partial charge in [-0.05, 0) is 80.5 Å². The molecule has 2 aliphatic rings. The number of hydrogen-bond acceptors (Lipinski definition) is 5. The van der Waals surface area contributed by atoms with Gasteiger partial charge in [-0.25, -0.2) is 9.36 Å². The molecule has 1 aliphatic carbocycles. The number of aromatic nitrogens is 2. The summed E-state index contributed by atoms with van der Waals surface area (Å²) in [5, 5.41) is 0.622. The quantitative estimate of drug-likeness (QED) is 0.358. The number of nitrogens with zero attached hydrogens (tertiary/aromatic N) is 4. The van der Waals surface area contributed by atoms with E-state index in [2.05, 4.69) is 17.0 Å². The lowest BCUT2D eigenvalue weighted by atomic mass is 10.1. The summed E-state index contributed by atoms with van der Waals surface area (Å²) in [6.07, 6.45) is 5.01. The minimum atomic E-state index is -0.441. The first-order chi connectivity index (χ1) is 18.9. The summed E-state index contributed by atoms with van der Waals surface area (Å²) in [4.78, 5) is 47.5. The molecule has 1 saturated heterocycles. The Bertz CT molecular complexity index is 1660. The zero-order valence-electron chi connectivity index (χ0n) is 22.6. The lowest BCUT2D eigenvalue weighted by Gasteiger charge is -2.36. The molecule has 0 bridgehead atoms. The fourth-order valence-corrected chi connectivity index (χ4v) is 7.24. The van der Waals surface area contributed by atoms with Crippen molar-refractivity contribution in [2.24, 2.45) is 0 Å². The molecule has 2 aromatic carbocycles. The van der Waals surface area contributed by atoms with Crippen LogP contribution >= 0.6 is 11.3 Å². The predicted molar refractivity (Wildman–Crippen MR) is 158 cm³/mol. The maximum absolute atomic E-state index is 14.0. The van der Waals surface area contributed by atoms with Crippen LogP contribution in [0.2, 0.25) is 0 Å². The number of carbonyl (C=O) groups is 1. The maximum Gasteiger partial charge on any atom is 0.337 e. The minimum absolute atomic E-state index is 0.0643. The van der Waals surface area contributed by atoms with Crippen LogP contribution in [0, 0.1) is 13.8 Å². The van der Waals surface area contributed by atoms with E-state index in [4.69, 9.17) is 0 Å². The molecule has 0 N–H and O–H groups in total. The van der Waals surface area contributed by atoms with Crippen LogP contribution in [0.4, 0.5) is 5.69 Å². The molecular formula is C31H34N4O3S. The maximum atomic E-state index is 14.0. The van der Waals surface area contributed by atoms with Gasteiger partial charge in [0.15, 0.2) is 0 Å². The summed E-state index contributed by atoms with van der Waals surface area (Å²) in [6, 6.07) is 15.9. The minimum Gasteiger partial charge on any atom is -0.368 e. The molecule has 39 heavy (non-hydrogen) atoms. The van der Waals surface area contributed by atoms with Gasteiger partial charge >= 0.3 is 5.69 Å². The van der Waals surface area contributed by atoms with Gasteiger partial charge in [-0.2, -0.15) is 0 Å². The van der Waals surface area contributed by atoms with Gasteiger partial charge in [-0.3, -0.25) is 14.2 Å². The number of carbonyl (C=O) groups excluding carboxylic acids is 1. The van der Waals surface area contributed by atoms with Crippen LogP contribution in [0.15, 0.2) is 58.1 Å². The number of aryl methyl sites for hydroxylation is 4. The molecule has 1 fully saturated rings. The number of thiophene rings is 1. The van der Waals surface area contributed by atoms with Gasteiger partial charge < -0.3 is 9.80 Å². The molecule has 2 aromatic heterocycles. The number of hydrogen-bond donors (Lipinski definition) is 0. The van der Waals surface area contributed by atoms with Crippen molar-refractivity contribution in [2.45, 2.75) is 52.5 Å². The van der Waals surface area contributed by atoms with Crippen molar-refractivity contribution < 1.29 is 4.79 Å². The van der Waals surface area contributed by atoms with Crippen molar-refractivity contribution in [1.82, 2.24) is 14.0 Å². The van der Waals surface area contributed by atoms with Crippen LogP contribution < -0.4 is 16.1 Å². The molecule has 0 atom stereocenters. The summed E-state index contributed by atoms with van der Waals surface area (Å²) in [5.41, 5.74) is 4.20. The second-order valence-electron chi connectivity index (χ2n) is 10.7. The first kappa shape index (κ1) is 25.6. The Morgan fingerprint density at radius 2 is 1.59 bits per heavy atom. The Hall–Kier alpha value is -3.65. The number of amides is 1. The van der Waals surface area contributed by atoms with Crippen LogP contribution in [-0.4, -0.2) is 46.1 Å². The van der Waals surface area contributed by atoms with Crippen molar-refractivity contribution >= 4 is 33.1 Å². The molecule has 3 heterocycles. The average Bonchev–Trinajstić information content (AvgIpc) is 3.16. The molecule has 0 radical (unpaired) electrons. The van der Waals surface area contributed by atoms with E-state index >= 15 is 0 Å². The normalized spacial score (nSPS) is 15.8. The fraction of sp³-hybridized carbons (Fsp3) is 0.387. The molecular weight excluding hydrogens is 508 g/mol. The number of fused-ring (bicyclic) bond motifs is 3. The lowest BCUT2D eigenvalue weighted by molar-refractivity contribution is -0.132. The van der Waals surface area contributed by atoms with Gasteiger partial charge in [-0.15, -0.1) is 11.3 Å². The second kappa shape index (κ2) is 10.5. The monoisotopic (exact) mass is 542 g/mol. The van der Waals surface area contributed by atoms with Crippen molar-refractivity contribution in [1.29, 1.82) is 0 Å². The molecule has 8 heteroatoms. The number of piperazine rings is 1. The Morgan fingerprint density at radius 1 is 0.846 bits per heavy atom. The van der Waals surface area contributed by atoms with Gasteiger partial charge in [0.05, 0.1) is 11.1 Å². The van der Waals surface area contributed by atoms with E-state index in [0.717, 1.165) is 67.6 Å². The third kappa shape index (κ3) is 4.71. The topological polar surface area (TPSA) is 67.6 Å². The van der Waals surface area contributed by atoms with E-state index in [9.17, 15) is 14.4 Å². The Kier molecular flexibility index (Phi) is 6.89. The molecule has 0 spiro atoms. The average molecular weight is 543 g/mol. The van der Waals surface area contributed by atoms with E-state index < -0.39 is 5.69 Å². The Balaban J connectivity index is 1.39. The third-order valence-electron chi connectivity index (χ3n) is 8.28. The van der Waals surface area contributed by atoms with Crippen LogP contribution in [0.25, 0.3) is 15.9 Å². The second-order valence-corrected chi connectivity index (χ2v) is 11.8. The molecule has 202 valence electrons. The van der Waals surface area contributed by atoms with Gasteiger partial charge in [-0.1, -0.05) is 30.7 Å². The zero-order chi connectivity index (χ0) is 27.1. The summed E-state index contributed by atoms with van der Waals surface area (Å²) in [5.74, 6) is -0.0833. The largest absolute Gasteiger partial charge is 0.368 e. The predicted octanol–water partition coefficient (Wildman–Crippen LogP) is 4.45. The highest BCUT2D eigenvalue weighted by atomic mass is 32.1. The van der Waals surface area contributed by atoms with Crippen molar-refractivity contribution in [3.05, 3.63) is 90.9 Å². The molecule has 6 rings (SSSR count). The van der Waals surface area contributed by atoms with Crippen molar-refractivity contribution in [3.63, 3.8) is 0 Å². The Morgan fingerprint density at radius 3 is 2.33 bits per heavy atom. The van der Waals surface area contributed by atoms with E-state index in [1.807, 2.05) is 55.1 Å². The van der Waals surface area contributed by atoms with Crippen molar-refractivity contribution in [2.75, 3.05) is 31.1 Å². The summed E-state index contributed by atoms with van der Waals surface area (Å²) in [7, 11) is 0. The summed E-state index contributed by atoms with van der Waals surface area (Å²) < 4.78 is 2.85. The summed E-state index contributed by atoms with van der Waals surface area (Å²) in [6.45, 7) is 6.62. The molecule has 1 aliphatic heterocycles. The fourth-order valence-electron chi connectivity index (χ4n) is 5.87. The molecule has 4 aromatic rings. The van der Waals surface area contributed by atoms with Crippen LogP contribution in [0.1, 0.15) is 40.8 Å². The first-order valence-electron chi connectivity index (χ1n) is 13.9. The molecule has 1 amide bonds. The smallest absolute Gasteiger partial charge is 0.337 e. The number of benzene rings is 2. The van der Waals surface area contributed by atoms with Gasteiger partial charge in [0.2, 0.25) is 5.91 Å². The zero-order valence-corrected chi connectivity index (χ0v) is 23.4. The summed E-state index contributed by atoms with van der Waals surface area (Å²) >= 11 is 1.53. The van der Waals surface area contributed by atoms with Crippen LogP contribution in [0.5, 0.6) is 0 Å². The molecule has 0 unspecified atom stereocenters. The lowest BCUT2D eigenvalue weighted by Crippen LogP contribution is -2.50. The van der Waals surface area contributed by atoms with E-state index in [1.54, 1.807) is 4.57 Å². The molecule has 7 nitrogen and oxygen atoms in total. The highest BCUT2D eigenvalue weighted by Gasteiger charge is 2.27.